The van der Waals surface area contributed by atoms with Gasteiger partial charge in [-0.15, -0.1) is 0 Å². The van der Waals surface area contributed by atoms with Crippen LogP contribution in [-0.2, 0) is 14.3 Å². The molecule has 2 rings (SSSR count). The first kappa shape index (κ1) is 19.1. The van der Waals surface area contributed by atoms with Gasteiger partial charge in [-0.05, 0) is 56.3 Å². The van der Waals surface area contributed by atoms with Crippen LogP contribution < -0.4 is 10.1 Å². The molecule has 1 N–H and O–H groups in total. The minimum absolute atomic E-state index is 0.0749. The van der Waals surface area contributed by atoms with Crippen molar-refractivity contribution in [3.63, 3.8) is 0 Å². The molecule has 1 atom stereocenters. The lowest BCUT2D eigenvalue weighted by Crippen LogP contribution is -2.31. The van der Waals surface area contributed by atoms with Gasteiger partial charge in [0.15, 0.2) is 18.5 Å². The van der Waals surface area contributed by atoms with Gasteiger partial charge in [0.1, 0.15) is 11.6 Å². The Morgan fingerprint density at radius 2 is 1.81 bits per heavy atom. The molecule has 2 aromatic rings. The summed E-state index contributed by atoms with van der Waals surface area (Å²) in [6, 6.07) is 11.7. The van der Waals surface area contributed by atoms with Crippen molar-refractivity contribution in [3.8, 4) is 5.75 Å². The molecule has 2 aromatic carbocycles. The van der Waals surface area contributed by atoms with Crippen LogP contribution in [0.2, 0.25) is 0 Å². The number of benzene rings is 2. The largest absolute Gasteiger partial charge is 0.482 e. The maximum Gasteiger partial charge on any atom is 0.344 e. The van der Waals surface area contributed by atoms with E-state index in [1.165, 1.54) is 32.0 Å². The van der Waals surface area contributed by atoms with Crippen molar-refractivity contribution in [1.82, 2.24) is 0 Å². The predicted octanol–water partition coefficient (Wildman–Crippen LogP) is 2.98. The first-order valence-corrected chi connectivity index (χ1v) is 7.85. The molecule has 1 unspecified atom stereocenters. The van der Waals surface area contributed by atoms with Gasteiger partial charge in [-0.2, -0.15) is 0 Å². The third kappa shape index (κ3) is 5.70. The number of carbonyl (C=O) groups is 3. The van der Waals surface area contributed by atoms with E-state index in [0.29, 0.717) is 11.3 Å². The van der Waals surface area contributed by atoms with Crippen molar-refractivity contribution in [2.45, 2.75) is 20.0 Å². The molecule has 0 fully saturated rings. The van der Waals surface area contributed by atoms with Crippen molar-refractivity contribution in [1.29, 1.82) is 0 Å². The third-order valence-corrected chi connectivity index (χ3v) is 3.39. The van der Waals surface area contributed by atoms with Crippen molar-refractivity contribution in [2.24, 2.45) is 0 Å². The lowest BCUT2D eigenvalue weighted by molar-refractivity contribution is -0.155. The molecular formula is C19H18FNO5. The zero-order valence-electron chi connectivity index (χ0n) is 14.3. The van der Waals surface area contributed by atoms with E-state index in [4.69, 9.17) is 9.47 Å². The number of amides is 1. The summed E-state index contributed by atoms with van der Waals surface area (Å²) in [5.74, 6) is -1.49. The molecule has 0 saturated heterocycles. The number of ketones is 1. The van der Waals surface area contributed by atoms with Crippen LogP contribution in [0.25, 0.3) is 0 Å². The van der Waals surface area contributed by atoms with Crippen molar-refractivity contribution >= 4 is 23.3 Å². The fraction of sp³-hybridized carbons (Fsp3) is 0.211. The van der Waals surface area contributed by atoms with Gasteiger partial charge in [-0.3, -0.25) is 9.59 Å². The molecule has 0 bridgehead atoms. The zero-order valence-corrected chi connectivity index (χ0v) is 14.3. The number of rotatable bonds is 7. The lowest BCUT2D eigenvalue weighted by atomic mass is 10.1. The lowest BCUT2D eigenvalue weighted by Gasteiger charge is -2.14. The molecule has 0 aliphatic rings. The molecule has 7 heteroatoms. The highest BCUT2D eigenvalue weighted by atomic mass is 19.1. The third-order valence-electron chi connectivity index (χ3n) is 3.39. The second-order valence-electron chi connectivity index (χ2n) is 5.50. The number of esters is 1. The average Bonchev–Trinajstić information content (AvgIpc) is 2.60. The van der Waals surface area contributed by atoms with Gasteiger partial charge in [0, 0.05) is 11.3 Å². The summed E-state index contributed by atoms with van der Waals surface area (Å²) in [6.07, 6.45) is -1.07. The summed E-state index contributed by atoms with van der Waals surface area (Å²) in [5, 5.41) is 2.45. The van der Waals surface area contributed by atoms with Crippen LogP contribution in [0.5, 0.6) is 5.75 Å². The SMILES string of the molecule is CC(=O)c1ccc(OCC(=O)OC(C)C(=O)Nc2cccc(F)c2)cc1. The van der Waals surface area contributed by atoms with Crippen LogP contribution in [0.1, 0.15) is 24.2 Å². The van der Waals surface area contributed by atoms with E-state index >= 15 is 0 Å². The highest BCUT2D eigenvalue weighted by Crippen LogP contribution is 2.13. The van der Waals surface area contributed by atoms with Crippen molar-refractivity contribution < 1.29 is 28.2 Å². The number of Topliss-reactive ketones (excluding diaryl/α,β-unsaturated/α-hetero) is 1. The first-order valence-electron chi connectivity index (χ1n) is 7.85. The van der Waals surface area contributed by atoms with Gasteiger partial charge in [-0.1, -0.05) is 6.07 Å². The Balaban J connectivity index is 1.80. The molecule has 0 aliphatic carbocycles. The van der Waals surface area contributed by atoms with E-state index < -0.39 is 30.4 Å². The van der Waals surface area contributed by atoms with Crippen LogP contribution in [0.4, 0.5) is 10.1 Å². The molecule has 0 heterocycles. The molecule has 26 heavy (non-hydrogen) atoms. The van der Waals surface area contributed by atoms with E-state index in [0.717, 1.165) is 6.07 Å². The Morgan fingerprint density at radius 1 is 1.12 bits per heavy atom. The number of nitrogens with one attached hydrogen (secondary N) is 1. The van der Waals surface area contributed by atoms with Gasteiger partial charge in [0.25, 0.3) is 5.91 Å². The zero-order chi connectivity index (χ0) is 19.1. The van der Waals surface area contributed by atoms with Gasteiger partial charge >= 0.3 is 5.97 Å². The quantitative estimate of drug-likeness (QED) is 0.607. The smallest absolute Gasteiger partial charge is 0.344 e. The van der Waals surface area contributed by atoms with Gasteiger partial charge < -0.3 is 14.8 Å². The number of ether oxygens (including phenoxy) is 2. The molecule has 0 radical (unpaired) electrons. The van der Waals surface area contributed by atoms with Crippen LogP contribution in [0, 0.1) is 5.82 Å². The minimum atomic E-state index is -1.07. The summed E-state index contributed by atoms with van der Waals surface area (Å²) in [6.45, 7) is 2.45. The second-order valence-corrected chi connectivity index (χ2v) is 5.50. The van der Waals surface area contributed by atoms with Crippen LogP contribution >= 0.6 is 0 Å². The number of carbonyl (C=O) groups excluding carboxylic acids is 3. The van der Waals surface area contributed by atoms with Crippen LogP contribution in [0.15, 0.2) is 48.5 Å². The molecule has 0 saturated carbocycles. The van der Waals surface area contributed by atoms with Crippen molar-refractivity contribution in [3.05, 3.63) is 59.9 Å². The van der Waals surface area contributed by atoms with Gasteiger partial charge in [0.2, 0.25) is 0 Å². The molecule has 136 valence electrons. The Labute approximate surface area is 149 Å². The molecule has 0 aliphatic heterocycles. The van der Waals surface area contributed by atoms with E-state index in [1.807, 2.05) is 0 Å². The summed E-state index contributed by atoms with van der Waals surface area (Å²) in [4.78, 5) is 34.9. The van der Waals surface area contributed by atoms with Crippen LogP contribution in [0.3, 0.4) is 0 Å². The summed E-state index contributed by atoms with van der Waals surface area (Å²) >= 11 is 0. The predicted molar refractivity (Wildman–Crippen MR) is 92.5 cm³/mol. The summed E-state index contributed by atoms with van der Waals surface area (Å²) in [7, 11) is 0. The second kappa shape index (κ2) is 8.75. The number of hydrogen-bond acceptors (Lipinski definition) is 5. The van der Waals surface area contributed by atoms with E-state index in [2.05, 4.69) is 5.32 Å². The average molecular weight is 359 g/mol. The summed E-state index contributed by atoms with van der Waals surface area (Å²) < 4.78 is 23.3. The van der Waals surface area contributed by atoms with Crippen LogP contribution in [-0.4, -0.2) is 30.4 Å². The Morgan fingerprint density at radius 3 is 2.42 bits per heavy atom. The molecule has 0 spiro atoms. The van der Waals surface area contributed by atoms with Gasteiger partial charge in [0.05, 0.1) is 0 Å². The Bertz CT molecular complexity index is 804. The fourth-order valence-corrected chi connectivity index (χ4v) is 2.02. The molecule has 0 aromatic heterocycles. The molecule has 1 amide bonds. The normalized spacial score (nSPS) is 11.3. The maximum atomic E-state index is 13.1. The Hall–Kier alpha value is -3.22. The monoisotopic (exact) mass is 359 g/mol. The van der Waals surface area contributed by atoms with Gasteiger partial charge in [-0.25, -0.2) is 9.18 Å². The fourth-order valence-electron chi connectivity index (χ4n) is 2.02. The van der Waals surface area contributed by atoms with E-state index in [1.54, 1.807) is 24.3 Å². The summed E-state index contributed by atoms with van der Waals surface area (Å²) in [5.41, 5.74) is 0.794. The Kier molecular flexibility index (Phi) is 6.43. The first-order chi connectivity index (χ1) is 12.3. The number of anilines is 1. The minimum Gasteiger partial charge on any atom is -0.482 e. The topological polar surface area (TPSA) is 81.7 Å². The molecule has 6 nitrogen and oxygen atoms in total. The van der Waals surface area contributed by atoms with E-state index in [-0.39, 0.29) is 11.5 Å². The highest BCUT2D eigenvalue weighted by Gasteiger charge is 2.18. The number of halogens is 1. The maximum absolute atomic E-state index is 13.1. The highest BCUT2D eigenvalue weighted by molar-refractivity contribution is 5.95. The van der Waals surface area contributed by atoms with E-state index in [9.17, 15) is 18.8 Å². The number of hydrogen-bond donors (Lipinski definition) is 1. The van der Waals surface area contributed by atoms with Crippen molar-refractivity contribution in [2.75, 3.05) is 11.9 Å². The molecular weight excluding hydrogens is 341 g/mol. The standard InChI is InChI=1S/C19H18FNO5/c1-12(22)14-6-8-17(9-7-14)25-11-18(23)26-13(2)19(24)21-16-5-3-4-15(20)10-16/h3-10,13H,11H2,1-2H3,(H,21,24).